The molecule has 0 aliphatic heterocycles. The molecule has 2 N–H and O–H groups in total. The van der Waals surface area contributed by atoms with Crippen LogP contribution >= 0.6 is 23.4 Å². The zero-order valence-electron chi connectivity index (χ0n) is 8.58. The van der Waals surface area contributed by atoms with Gasteiger partial charge in [-0.2, -0.15) is 0 Å². The van der Waals surface area contributed by atoms with E-state index in [4.69, 9.17) is 17.3 Å². The minimum Gasteiger partial charge on any atom is -0.398 e. The van der Waals surface area contributed by atoms with Crippen LogP contribution in [-0.4, -0.2) is 0 Å². The lowest BCUT2D eigenvalue weighted by atomic mass is 10.3. The third kappa shape index (κ3) is 2.70. The van der Waals surface area contributed by atoms with Gasteiger partial charge in [-0.15, -0.1) is 0 Å². The summed E-state index contributed by atoms with van der Waals surface area (Å²) >= 11 is 6.77. The van der Waals surface area contributed by atoms with Gasteiger partial charge in [0.1, 0.15) is 11.6 Å². The molecule has 0 aliphatic carbocycles. The predicted molar refractivity (Wildman–Crippen MR) is 66.3 cm³/mol. The van der Waals surface area contributed by atoms with Crippen LogP contribution in [-0.2, 0) is 0 Å². The second-order valence-electron chi connectivity index (χ2n) is 3.34. The van der Waals surface area contributed by atoms with Crippen LogP contribution < -0.4 is 5.73 Å². The molecule has 0 aromatic heterocycles. The number of nitrogen functional groups attached to an aromatic ring is 1. The minimum atomic E-state index is -0.581. The summed E-state index contributed by atoms with van der Waals surface area (Å²) in [4.78, 5) is 0.948. The van der Waals surface area contributed by atoms with E-state index in [1.54, 1.807) is 18.2 Å². The summed E-state index contributed by atoms with van der Waals surface area (Å²) in [5.74, 6) is -0.931. The molecule has 0 heterocycles. The first kappa shape index (κ1) is 12.2. The van der Waals surface area contributed by atoms with Crippen LogP contribution in [0.25, 0.3) is 0 Å². The van der Waals surface area contributed by atoms with Crippen molar-refractivity contribution < 1.29 is 8.78 Å². The highest BCUT2D eigenvalue weighted by Crippen LogP contribution is 2.36. The lowest BCUT2D eigenvalue weighted by Crippen LogP contribution is -1.91. The van der Waals surface area contributed by atoms with Crippen molar-refractivity contribution in [1.29, 1.82) is 0 Å². The van der Waals surface area contributed by atoms with Crippen molar-refractivity contribution in [1.82, 2.24) is 0 Å². The Morgan fingerprint density at radius 2 is 1.71 bits per heavy atom. The molecule has 5 heteroatoms. The van der Waals surface area contributed by atoms with Gasteiger partial charge in [0, 0.05) is 15.5 Å². The van der Waals surface area contributed by atoms with E-state index in [-0.39, 0.29) is 16.5 Å². The monoisotopic (exact) mass is 271 g/mol. The molecule has 2 aromatic carbocycles. The molecule has 17 heavy (non-hydrogen) atoms. The van der Waals surface area contributed by atoms with Gasteiger partial charge in [-0.3, -0.25) is 0 Å². The maximum Gasteiger partial charge on any atom is 0.143 e. The first-order valence-corrected chi connectivity index (χ1v) is 5.94. The highest BCUT2D eigenvalue weighted by Gasteiger charge is 2.09. The molecular formula is C12H8ClF2NS. The Hall–Kier alpha value is -1.26. The maximum absolute atomic E-state index is 13.4. The molecule has 0 saturated carbocycles. The second-order valence-corrected chi connectivity index (χ2v) is 4.83. The average Bonchev–Trinajstić information content (AvgIpc) is 2.29. The normalized spacial score (nSPS) is 10.5. The van der Waals surface area contributed by atoms with Crippen LogP contribution in [0.2, 0.25) is 5.02 Å². The SMILES string of the molecule is Nc1cc(F)c(Cl)cc1Sc1ccccc1F. The maximum atomic E-state index is 13.4. The van der Waals surface area contributed by atoms with Crippen molar-refractivity contribution in [2.75, 3.05) is 5.73 Å². The fraction of sp³-hybridized carbons (Fsp3) is 0. The first-order chi connectivity index (χ1) is 8.08. The van der Waals surface area contributed by atoms with E-state index in [1.165, 1.54) is 12.1 Å². The van der Waals surface area contributed by atoms with Gasteiger partial charge in [0.15, 0.2) is 0 Å². The van der Waals surface area contributed by atoms with Crippen molar-refractivity contribution in [2.24, 2.45) is 0 Å². The molecular weight excluding hydrogens is 264 g/mol. The van der Waals surface area contributed by atoms with E-state index < -0.39 is 5.82 Å². The zero-order chi connectivity index (χ0) is 12.4. The van der Waals surface area contributed by atoms with Crippen molar-refractivity contribution in [3.63, 3.8) is 0 Å². The van der Waals surface area contributed by atoms with Crippen LogP contribution in [0.3, 0.4) is 0 Å². The van der Waals surface area contributed by atoms with Crippen molar-refractivity contribution in [2.45, 2.75) is 9.79 Å². The van der Waals surface area contributed by atoms with Gasteiger partial charge in [-0.05, 0) is 24.3 Å². The molecule has 0 amide bonds. The molecule has 2 rings (SSSR count). The molecule has 0 unspecified atom stereocenters. The Labute approximate surface area is 107 Å². The van der Waals surface area contributed by atoms with Gasteiger partial charge in [0.05, 0.1) is 5.02 Å². The quantitative estimate of drug-likeness (QED) is 0.822. The van der Waals surface area contributed by atoms with Gasteiger partial charge in [-0.25, -0.2) is 8.78 Å². The zero-order valence-corrected chi connectivity index (χ0v) is 10.2. The molecule has 0 radical (unpaired) electrons. The molecule has 0 atom stereocenters. The highest BCUT2D eigenvalue weighted by molar-refractivity contribution is 7.99. The topological polar surface area (TPSA) is 26.0 Å². The van der Waals surface area contributed by atoms with E-state index in [1.807, 2.05) is 0 Å². The van der Waals surface area contributed by atoms with E-state index >= 15 is 0 Å². The Morgan fingerprint density at radius 3 is 2.41 bits per heavy atom. The highest BCUT2D eigenvalue weighted by atomic mass is 35.5. The number of hydrogen-bond donors (Lipinski definition) is 1. The van der Waals surface area contributed by atoms with Crippen molar-refractivity contribution >= 4 is 29.1 Å². The molecule has 0 fully saturated rings. The summed E-state index contributed by atoms with van der Waals surface area (Å²) in [7, 11) is 0. The van der Waals surface area contributed by atoms with Gasteiger partial charge >= 0.3 is 0 Å². The first-order valence-electron chi connectivity index (χ1n) is 4.75. The van der Waals surface area contributed by atoms with E-state index in [0.29, 0.717) is 9.79 Å². The van der Waals surface area contributed by atoms with Crippen LogP contribution in [0.4, 0.5) is 14.5 Å². The summed E-state index contributed by atoms with van der Waals surface area (Å²) in [5, 5.41) is -0.0296. The van der Waals surface area contributed by atoms with Gasteiger partial charge in [0.2, 0.25) is 0 Å². The number of benzene rings is 2. The molecule has 0 spiro atoms. The molecule has 0 saturated heterocycles. The summed E-state index contributed by atoms with van der Waals surface area (Å²) in [6.07, 6.45) is 0. The average molecular weight is 272 g/mol. The summed E-state index contributed by atoms with van der Waals surface area (Å²) in [6, 6.07) is 8.81. The standard InChI is InChI=1S/C12H8ClF2NS/c13-7-5-12(10(16)6-9(7)15)17-11-4-2-1-3-8(11)14/h1-6H,16H2. The minimum absolute atomic E-state index is 0.0296. The van der Waals surface area contributed by atoms with Crippen LogP contribution in [0, 0.1) is 11.6 Å². The number of nitrogens with two attached hydrogens (primary N) is 1. The fourth-order valence-electron chi connectivity index (χ4n) is 1.28. The third-order valence-electron chi connectivity index (χ3n) is 2.11. The van der Waals surface area contributed by atoms with Gasteiger partial charge in [0.25, 0.3) is 0 Å². The van der Waals surface area contributed by atoms with E-state index in [9.17, 15) is 8.78 Å². The third-order valence-corrected chi connectivity index (χ3v) is 3.52. The van der Waals surface area contributed by atoms with Gasteiger partial charge < -0.3 is 5.73 Å². The Bertz CT molecular complexity index is 560. The second kappa shape index (κ2) is 4.94. The van der Waals surface area contributed by atoms with Gasteiger partial charge in [-0.1, -0.05) is 35.5 Å². The number of halogens is 3. The summed E-state index contributed by atoms with van der Waals surface area (Å²) in [6.45, 7) is 0. The van der Waals surface area contributed by atoms with Crippen LogP contribution in [0.5, 0.6) is 0 Å². The van der Waals surface area contributed by atoms with Crippen molar-refractivity contribution in [3.8, 4) is 0 Å². The Balaban J connectivity index is 2.37. The molecule has 1 nitrogen and oxygen atoms in total. The van der Waals surface area contributed by atoms with Crippen molar-refractivity contribution in [3.05, 3.63) is 53.1 Å². The lowest BCUT2D eigenvalue weighted by Gasteiger charge is -2.07. The smallest absolute Gasteiger partial charge is 0.143 e. The van der Waals surface area contributed by atoms with E-state index in [0.717, 1.165) is 17.8 Å². The molecule has 0 aliphatic rings. The molecule has 0 bridgehead atoms. The summed E-state index contributed by atoms with van der Waals surface area (Å²) in [5.41, 5.74) is 5.88. The fourth-order valence-corrected chi connectivity index (χ4v) is 2.41. The number of hydrogen-bond acceptors (Lipinski definition) is 2. The predicted octanol–water partition coefficient (Wildman–Crippen LogP) is 4.35. The Kier molecular flexibility index (Phi) is 3.54. The largest absolute Gasteiger partial charge is 0.398 e. The number of anilines is 1. The van der Waals surface area contributed by atoms with Crippen LogP contribution in [0.1, 0.15) is 0 Å². The molecule has 2 aromatic rings. The molecule has 88 valence electrons. The lowest BCUT2D eigenvalue weighted by molar-refractivity contribution is 0.602. The summed E-state index contributed by atoms with van der Waals surface area (Å²) < 4.78 is 26.5. The Morgan fingerprint density at radius 1 is 1.00 bits per heavy atom. The number of rotatable bonds is 2. The van der Waals surface area contributed by atoms with Crippen LogP contribution in [0.15, 0.2) is 46.2 Å². The van der Waals surface area contributed by atoms with E-state index in [2.05, 4.69) is 0 Å².